The Hall–Kier alpha value is -2.35. The van der Waals surface area contributed by atoms with Gasteiger partial charge in [-0.25, -0.2) is 0 Å². The van der Waals surface area contributed by atoms with Crippen LogP contribution in [0, 0.1) is 6.92 Å². The summed E-state index contributed by atoms with van der Waals surface area (Å²) in [5.74, 6) is 0.234. The molecule has 2 heteroatoms. The van der Waals surface area contributed by atoms with Crippen molar-refractivity contribution in [1.29, 1.82) is 0 Å². The molecule has 0 bridgehead atoms. The molecule has 0 amide bonds. The van der Waals surface area contributed by atoms with E-state index in [1.807, 2.05) is 18.2 Å². The maximum absolute atomic E-state index is 12.3. The van der Waals surface area contributed by atoms with E-state index in [1.165, 1.54) is 11.1 Å². The van der Waals surface area contributed by atoms with E-state index in [0.717, 1.165) is 29.7 Å². The quantitative estimate of drug-likeness (QED) is 0.912. The number of hydrogen-bond donors (Lipinski definition) is 1. The average Bonchev–Trinajstić information content (AvgIpc) is 2.55. The number of aryl methyl sites for hydroxylation is 1. The van der Waals surface area contributed by atoms with Crippen molar-refractivity contribution in [2.75, 3.05) is 0 Å². The van der Waals surface area contributed by atoms with E-state index < -0.39 is 0 Å². The molecule has 0 radical (unpaired) electrons. The molecule has 2 nitrogen and oxygen atoms in total. The van der Waals surface area contributed by atoms with Crippen LogP contribution in [0.4, 0.5) is 0 Å². The number of carbonyl (C=O) groups excluding carboxylic acids is 1. The number of nitrogens with one attached hydrogen (secondary N) is 1. The van der Waals surface area contributed by atoms with E-state index in [1.54, 1.807) is 0 Å². The Balaban J connectivity index is 1.88. The Morgan fingerprint density at radius 3 is 2.41 bits per heavy atom. The Labute approximate surface area is 131 Å². The van der Waals surface area contributed by atoms with Gasteiger partial charge < -0.3 is 5.32 Å². The summed E-state index contributed by atoms with van der Waals surface area (Å²) in [5.41, 5.74) is 5.56. The fraction of sp³-hybridized carbons (Fsp3) is 0.250. The molecule has 0 aliphatic heterocycles. The number of rotatable bonds is 4. The van der Waals surface area contributed by atoms with Crippen molar-refractivity contribution < 1.29 is 4.79 Å². The molecule has 2 aromatic carbocycles. The zero-order valence-electron chi connectivity index (χ0n) is 12.9. The minimum absolute atomic E-state index is 0.234. The van der Waals surface area contributed by atoms with Gasteiger partial charge in [0.25, 0.3) is 0 Å². The molecule has 112 valence electrons. The van der Waals surface area contributed by atoms with Gasteiger partial charge in [0.2, 0.25) is 0 Å². The first-order valence-corrected chi connectivity index (χ1v) is 7.85. The summed E-state index contributed by atoms with van der Waals surface area (Å²) in [5, 5.41) is 3.38. The van der Waals surface area contributed by atoms with Crippen LogP contribution in [0.3, 0.4) is 0 Å². The second-order valence-electron chi connectivity index (χ2n) is 5.84. The first-order chi connectivity index (χ1) is 10.7. The van der Waals surface area contributed by atoms with Gasteiger partial charge in [-0.05, 0) is 36.5 Å². The number of benzene rings is 2. The van der Waals surface area contributed by atoms with Gasteiger partial charge in [-0.2, -0.15) is 0 Å². The number of hydrogen-bond acceptors (Lipinski definition) is 2. The highest BCUT2D eigenvalue weighted by Crippen LogP contribution is 2.29. The summed E-state index contributed by atoms with van der Waals surface area (Å²) in [6, 6.07) is 18.7. The molecule has 1 N–H and O–H groups in total. The van der Waals surface area contributed by atoms with Gasteiger partial charge in [0, 0.05) is 13.0 Å². The van der Waals surface area contributed by atoms with E-state index >= 15 is 0 Å². The standard InChI is InChI=1S/C20H21NO/c1-15-10-12-17(13-11-15)18-8-5-9-19(22)20(18)21-14-16-6-3-2-4-7-16/h2-4,6-7,10-13,21H,5,8-9,14H2,1H3. The van der Waals surface area contributed by atoms with Crippen LogP contribution in [0.2, 0.25) is 0 Å². The minimum Gasteiger partial charge on any atom is -0.378 e. The molecule has 1 aliphatic carbocycles. The molecule has 0 fully saturated rings. The van der Waals surface area contributed by atoms with E-state index in [4.69, 9.17) is 0 Å². The van der Waals surface area contributed by atoms with Crippen LogP contribution >= 0.6 is 0 Å². The first kappa shape index (κ1) is 14.6. The Kier molecular flexibility index (Phi) is 4.38. The van der Waals surface area contributed by atoms with Crippen LogP contribution in [0.5, 0.6) is 0 Å². The van der Waals surface area contributed by atoms with Crippen LogP contribution in [-0.2, 0) is 11.3 Å². The van der Waals surface area contributed by atoms with Crippen molar-refractivity contribution in [2.45, 2.75) is 32.7 Å². The summed E-state index contributed by atoms with van der Waals surface area (Å²) in [6.45, 7) is 2.77. The maximum atomic E-state index is 12.3. The SMILES string of the molecule is Cc1ccc(C2=C(NCc3ccccc3)C(=O)CCC2)cc1. The lowest BCUT2D eigenvalue weighted by Gasteiger charge is -2.21. The summed E-state index contributed by atoms with van der Waals surface area (Å²) in [4.78, 5) is 12.3. The van der Waals surface area contributed by atoms with E-state index in [9.17, 15) is 4.79 Å². The van der Waals surface area contributed by atoms with Gasteiger partial charge in [0.05, 0.1) is 5.70 Å². The Morgan fingerprint density at radius 1 is 0.955 bits per heavy atom. The van der Waals surface area contributed by atoms with E-state index in [-0.39, 0.29) is 5.78 Å². The molecule has 0 saturated heterocycles. The lowest BCUT2D eigenvalue weighted by molar-refractivity contribution is -0.116. The van der Waals surface area contributed by atoms with Gasteiger partial charge in [-0.15, -0.1) is 0 Å². The second-order valence-corrected chi connectivity index (χ2v) is 5.84. The van der Waals surface area contributed by atoms with Crippen LogP contribution in [-0.4, -0.2) is 5.78 Å². The zero-order valence-corrected chi connectivity index (χ0v) is 12.9. The van der Waals surface area contributed by atoms with Crippen LogP contribution in [0.25, 0.3) is 5.57 Å². The molecule has 2 aromatic rings. The number of ketones is 1. The third-order valence-corrected chi connectivity index (χ3v) is 4.12. The van der Waals surface area contributed by atoms with E-state index in [2.05, 4.69) is 48.6 Å². The minimum atomic E-state index is 0.234. The third kappa shape index (κ3) is 3.28. The van der Waals surface area contributed by atoms with Gasteiger partial charge in [-0.3, -0.25) is 4.79 Å². The monoisotopic (exact) mass is 291 g/mol. The second kappa shape index (κ2) is 6.61. The van der Waals surface area contributed by atoms with E-state index in [0.29, 0.717) is 13.0 Å². The normalized spacial score (nSPS) is 15.0. The van der Waals surface area contributed by atoms with Crippen molar-refractivity contribution in [3.05, 3.63) is 77.0 Å². The Bertz CT molecular complexity index is 683. The smallest absolute Gasteiger partial charge is 0.178 e. The fourth-order valence-electron chi connectivity index (χ4n) is 2.88. The maximum Gasteiger partial charge on any atom is 0.178 e. The van der Waals surface area contributed by atoms with Crippen molar-refractivity contribution in [3.8, 4) is 0 Å². The molecular formula is C20H21NO. The largest absolute Gasteiger partial charge is 0.378 e. The molecule has 22 heavy (non-hydrogen) atoms. The van der Waals surface area contributed by atoms with Crippen molar-refractivity contribution >= 4 is 11.4 Å². The molecule has 1 aliphatic rings. The highest BCUT2D eigenvalue weighted by molar-refractivity contribution is 6.03. The van der Waals surface area contributed by atoms with Crippen molar-refractivity contribution in [1.82, 2.24) is 5.32 Å². The van der Waals surface area contributed by atoms with Crippen LogP contribution in [0.15, 0.2) is 60.3 Å². The van der Waals surface area contributed by atoms with Gasteiger partial charge in [-0.1, -0.05) is 60.2 Å². The number of carbonyl (C=O) groups is 1. The highest BCUT2D eigenvalue weighted by Gasteiger charge is 2.21. The summed E-state index contributed by atoms with van der Waals surface area (Å²) in [6.07, 6.45) is 2.55. The van der Waals surface area contributed by atoms with Crippen LogP contribution < -0.4 is 5.32 Å². The fourth-order valence-corrected chi connectivity index (χ4v) is 2.88. The number of allylic oxidation sites excluding steroid dienone is 2. The average molecular weight is 291 g/mol. The molecule has 0 aromatic heterocycles. The molecule has 3 rings (SSSR count). The van der Waals surface area contributed by atoms with Crippen LogP contribution in [0.1, 0.15) is 36.0 Å². The lowest BCUT2D eigenvalue weighted by Crippen LogP contribution is -2.24. The molecule has 0 spiro atoms. The molecule has 0 saturated carbocycles. The van der Waals surface area contributed by atoms with Crippen molar-refractivity contribution in [2.24, 2.45) is 0 Å². The summed E-state index contributed by atoms with van der Waals surface area (Å²) in [7, 11) is 0. The highest BCUT2D eigenvalue weighted by atomic mass is 16.1. The first-order valence-electron chi connectivity index (χ1n) is 7.85. The predicted molar refractivity (Wildman–Crippen MR) is 90.2 cm³/mol. The molecule has 0 unspecified atom stereocenters. The summed E-state index contributed by atoms with van der Waals surface area (Å²) >= 11 is 0. The zero-order chi connectivity index (χ0) is 15.4. The number of Topliss-reactive ketones (excluding diaryl/α,β-unsaturated/α-hetero) is 1. The van der Waals surface area contributed by atoms with Gasteiger partial charge >= 0.3 is 0 Å². The molecular weight excluding hydrogens is 270 g/mol. The van der Waals surface area contributed by atoms with Gasteiger partial charge in [0.15, 0.2) is 5.78 Å². The summed E-state index contributed by atoms with van der Waals surface area (Å²) < 4.78 is 0. The Morgan fingerprint density at radius 2 is 1.68 bits per heavy atom. The topological polar surface area (TPSA) is 29.1 Å². The molecule has 0 heterocycles. The third-order valence-electron chi connectivity index (χ3n) is 4.12. The molecule has 0 atom stereocenters. The predicted octanol–water partition coefficient (Wildman–Crippen LogP) is 4.25. The van der Waals surface area contributed by atoms with Gasteiger partial charge in [0.1, 0.15) is 0 Å². The lowest BCUT2D eigenvalue weighted by atomic mass is 9.89. The van der Waals surface area contributed by atoms with Crippen molar-refractivity contribution in [3.63, 3.8) is 0 Å².